The van der Waals surface area contributed by atoms with Gasteiger partial charge >= 0.3 is 0 Å². The molecule has 0 aromatic heterocycles. The summed E-state index contributed by atoms with van der Waals surface area (Å²) >= 11 is 0. The Kier molecular flexibility index (Phi) is 3.71. The van der Waals surface area contributed by atoms with Crippen molar-refractivity contribution in [1.29, 1.82) is 0 Å². The van der Waals surface area contributed by atoms with Crippen LogP contribution >= 0.6 is 0 Å². The number of methoxy groups -OCH3 is 1. The van der Waals surface area contributed by atoms with Crippen LogP contribution in [0, 0.1) is 0 Å². The highest BCUT2D eigenvalue weighted by Crippen LogP contribution is 2.32. The zero-order valence-corrected chi connectivity index (χ0v) is 12.2. The zero-order valence-electron chi connectivity index (χ0n) is 12.2. The van der Waals surface area contributed by atoms with Crippen molar-refractivity contribution in [3.8, 4) is 39.5 Å². The van der Waals surface area contributed by atoms with Crippen LogP contribution in [0.3, 0.4) is 0 Å². The highest BCUT2D eigenvalue weighted by atomic mass is 16.5. The molecule has 0 atom stereocenters. The van der Waals surface area contributed by atoms with E-state index in [0.717, 1.165) is 22.3 Å². The van der Waals surface area contributed by atoms with Gasteiger partial charge in [-0.2, -0.15) is 0 Å². The number of aromatic hydroxyl groups is 2. The van der Waals surface area contributed by atoms with Crippen LogP contribution < -0.4 is 4.74 Å². The highest BCUT2D eigenvalue weighted by Gasteiger charge is 2.05. The maximum Gasteiger partial charge on any atom is 0.161 e. The standard InChI is InChI=1S/C19H16O3/c1-22-19-12-16(8-11-18(19)21)15-4-2-13(3-5-15)14-6-9-17(20)10-7-14/h2-12,20-21H,1H3. The summed E-state index contributed by atoms with van der Waals surface area (Å²) in [5.74, 6) is 0.851. The van der Waals surface area contributed by atoms with Gasteiger partial charge in [0.2, 0.25) is 0 Å². The van der Waals surface area contributed by atoms with Gasteiger partial charge in [0.15, 0.2) is 11.5 Å². The minimum Gasteiger partial charge on any atom is -0.508 e. The molecule has 0 heterocycles. The Morgan fingerprint density at radius 3 is 1.64 bits per heavy atom. The molecule has 0 radical (unpaired) electrons. The Labute approximate surface area is 129 Å². The molecule has 0 saturated carbocycles. The van der Waals surface area contributed by atoms with Gasteiger partial charge in [0.1, 0.15) is 5.75 Å². The topological polar surface area (TPSA) is 49.7 Å². The van der Waals surface area contributed by atoms with Crippen molar-refractivity contribution in [3.63, 3.8) is 0 Å². The van der Waals surface area contributed by atoms with Crippen LogP contribution in [-0.4, -0.2) is 17.3 Å². The largest absolute Gasteiger partial charge is 0.508 e. The molecule has 0 fully saturated rings. The summed E-state index contributed by atoms with van der Waals surface area (Å²) in [4.78, 5) is 0. The number of benzene rings is 3. The van der Waals surface area contributed by atoms with Crippen LogP contribution in [0.25, 0.3) is 22.3 Å². The normalized spacial score (nSPS) is 10.4. The van der Waals surface area contributed by atoms with E-state index in [9.17, 15) is 10.2 Å². The van der Waals surface area contributed by atoms with Crippen molar-refractivity contribution in [3.05, 3.63) is 66.7 Å². The fourth-order valence-corrected chi connectivity index (χ4v) is 2.37. The third-order valence-electron chi connectivity index (χ3n) is 3.60. The predicted octanol–water partition coefficient (Wildman–Crippen LogP) is 4.44. The van der Waals surface area contributed by atoms with Crippen molar-refractivity contribution in [2.45, 2.75) is 0 Å². The Morgan fingerprint density at radius 2 is 1.09 bits per heavy atom. The lowest BCUT2D eigenvalue weighted by atomic mass is 10.00. The molecule has 0 aliphatic rings. The number of hydrogen-bond acceptors (Lipinski definition) is 3. The van der Waals surface area contributed by atoms with Gasteiger partial charge in [-0.05, 0) is 46.5 Å². The molecule has 0 amide bonds. The van der Waals surface area contributed by atoms with E-state index in [1.807, 2.05) is 48.5 Å². The number of ether oxygens (including phenoxy) is 1. The average molecular weight is 292 g/mol. The fourth-order valence-electron chi connectivity index (χ4n) is 2.37. The second-order valence-corrected chi connectivity index (χ2v) is 5.01. The first-order chi connectivity index (χ1) is 10.7. The summed E-state index contributed by atoms with van der Waals surface area (Å²) in [6.45, 7) is 0. The SMILES string of the molecule is COc1cc(-c2ccc(-c3ccc(O)cc3)cc2)ccc1O. The first-order valence-electron chi connectivity index (χ1n) is 6.94. The summed E-state index contributed by atoms with van der Waals surface area (Å²) in [7, 11) is 1.53. The quantitative estimate of drug-likeness (QED) is 0.750. The lowest BCUT2D eigenvalue weighted by molar-refractivity contribution is 0.373. The molecule has 0 spiro atoms. The molecule has 0 unspecified atom stereocenters. The molecule has 0 aliphatic heterocycles. The van der Waals surface area contributed by atoms with Crippen LogP contribution in [0.2, 0.25) is 0 Å². The Balaban J connectivity index is 1.92. The number of phenols is 2. The van der Waals surface area contributed by atoms with E-state index < -0.39 is 0 Å². The van der Waals surface area contributed by atoms with E-state index in [2.05, 4.69) is 0 Å². The molecule has 0 saturated heterocycles. The molecule has 110 valence electrons. The molecule has 22 heavy (non-hydrogen) atoms. The third kappa shape index (κ3) is 2.74. The van der Waals surface area contributed by atoms with Crippen LogP contribution in [0.1, 0.15) is 0 Å². The smallest absolute Gasteiger partial charge is 0.161 e. The maximum atomic E-state index is 9.65. The zero-order chi connectivity index (χ0) is 15.5. The van der Waals surface area contributed by atoms with Crippen LogP contribution in [0.15, 0.2) is 66.7 Å². The van der Waals surface area contributed by atoms with Gasteiger partial charge in [0.05, 0.1) is 7.11 Å². The highest BCUT2D eigenvalue weighted by molar-refractivity contribution is 5.72. The van der Waals surface area contributed by atoms with Crippen molar-refractivity contribution >= 4 is 0 Å². The molecular formula is C19H16O3. The van der Waals surface area contributed by atoms with Gasteiger partial charge in [0, 0.05) is 0 Å². The van der Waals surface area contributed by atoms with Gasteiger partial charge in [-0.15, -0.1) is 0 Å². The van der Waals surface area contributed by atoms with E-state index in [1.54, 1.807) is 18.2 Å². The third-order valence-corrected chi connectivity index (χ3v) is 3.60. The van der Waals surface area contributed by atoms with E-state index in [-0.39, 0.29) is 11.5 Å². The number of hydrogen-bond donors (Lipinski definition) is 2. The van der Waals surface area contributed by atoms with E-state index in [1.165, 1.54) is 7.11 Å². The van der Waals surface area contributed by atoms with E-state index in [0.29, 0.717) is 5.75 Å². The second kappa shape index (κ2) is 5.82. The van der Waals surface area contributed by atoms with Gasteiger partial charge in [0.25, 0.3) is 0 Å². The van der Waals surface area contributed by atoms with Gasteiger partial charge in [-0.1, -0.05) is 42.5 Å². The predicted molar refractivity (Wildman–Crippen MR) is 87.2 cm³/mol. The summed E-state index contributed by atoms with van der Waals surface area (Å²) in [5.41, 5.74) is 4.15. The maximum absolute atomic E-state index is 9.65. The van der Waals surface area contributed by atoms with Crippen molar-refractivity contribution in [1.82, 2.24) is 0 Å². The Bertz CT molecular complexity index is 775. The molecule has 3 aromatic carbocycles. The molecule has 2 N–H and O–H groups in total. The number of phenolic OH excluding ortho intramolecular Hbond substituents is 2. The van der Waals surface area contributed by atoms with Crippen LogP contribution in [0.5, 0.6) is 17.2 Å². The monoisotopic (exact) mass is 292 g/mol. The first kappa shape index (κ1) is 14.0. The van der Waals surface area contributed by atoms with Gasteiger partial charge in [-0.3, -0.25) is 0 Å². The second-order valence-electron chi connectivity index (χ2n) is 5.01. The summed E-state index contributed by atoms with van der Waals surface area (Å²) in [6.07, 6.45) is 0. The molecule has 0 bridgehead atoms. The van der Waals surface area contributed by atoms with Crippen molar-refractivity contribution in [2.75, 3.05) is 7.11 Å². The minimum absolute atomic E-state index is 0.131. The lowest BCUT2D eigenvalue weighted by Crippen LogP contribution is -1.85. The Morgan fingerprint density at radius 1 is 0.636 bits per heavy atom. The fraction of sp³-hybridized carbons (Fsp3) is 0.0526. The summed E-state index contributed by atoms with van der Waals surface area (Å²) in [6, 6.07) is 20.5. The molecule has 0 aliphatic carbocycles. The van der Waals surface area contributed by atoms with E-state index in [4.69, 9.17) is 4.74 Å². The van der Waals surface area contributed by atoms with Crippen LogP contribution in [-0.2, 0) is 0 Å². The van der Waals surface area contributed by atoms with E-state index >= 15 is 0 Å². The molecule has 3 rings (SSSR count). The lowest BCUT2D eigenvalue weighted by Gasteiger charge is -2.08. The molecule has 3 heteroatoms. The number of rotatable bonds is 3. The van der Waals surface area contributed by atoms with Crippen molar-refractivity contribution < 1.29 is 14.9 Å². The van der Waals surface area contributed by atoms with Gasteiger partial charge < -0.3 is 14.9 Å². The molecule has 3 aromatic rings. The first-order valence-corrected chi connectivity index (χ1v) is 6.94. The Hall–Kier alpha value is -2.94. The molecular weight excluding hydrogens is 276 g/mol. The summed E-state index contributed by atoms with van der Waals surface area (Å²) < 4.78 is 5.14. The molecule has 3 nitrogen and oxygen atoms in total. The van der Waals surface area contributed by atoms with Gasteiger partial charge in [-0.25, -0.2) is 0 Å². The summed E-state index contributed by atoms with van der Waals surface area (Å²) in [5, 5.41) is 19.0. The minimum atomic E-state index is 0.131. The average Bonchev–Trinajstić information content (AvgIpc) is 2.56. The van der Waals surface area contributed by atoms with Crippen molar-refractivity contribution in [2.24, 2.45) is 0 Å². The van der Waals surface area contributed by atoms with Crippen LogP contribution in [0.4, 0.5) is 0 Å².